The predicted molar refractivity (Wildman–Crippen MR) is 72.7 cm³/mol. The summed E-state index contributed by atoms with van der Waals surface area (Å²) in [5.74, 6) is 2.08. The van der Waals surface area contributed by atoms with Crippen molar-refractivity contribution < 1.29 is 4.79 Å². The molecule has 2 aromatic rings. The maximum absolute atomic E-state index is 12.2. The van der Waals surface area contributed by atoms with Gasteiger partial charge in [0.1, 0.15) is 5.52 Å². The van der Waals surface area contributed by atoms with E-state index >= 15 is 0 Å². The number of benzene rings is 1. The lowest BCUT2D eigenvalue weighted by Gasteiger charge is -2.11. The van der Waals surface area contributed by atoms with E-state index in [0.29, 0.717) is 11.1 Å². The van der Waals surface area contributed by atoms with Gasteiger partial charge in [0.05, 0.1) is 11.1 Å². The molecule has 3 rings (SSSR count). The predicted octanol–water partition coefficient (Wildman–Crippen LogP) is 1.87. The van der Waals surface area contributed by atoms with Crippen molar-refractivity contribution in [2.75, 3.05) is 11.5 Å². The summed E-state index contributed by atoms with van der Waals surface area (Å²) in [6.07, 6.45) is 4.30. The molecule has 1 saturated heterocycles. The van der Waals surface area contributed by atoms with Crippen LogP contribution < -0.4 is 5.32 Å². The second-order valence-corrected chi connectivity index (χ2v) is 5.41. The highest BCUT2D eigenvalue weighted by atomic mass is 32.2. The first-order valence-corrected chi connectivity index (χ1v) is 7.08. The van der Waals surface area contributed by atoms with E-state index in [-0.39, 0.29) is 11.9 Å². The zero-order chi connectivity index (χ0) is 12.4. The number of amides is 1. The Balaban J connectivity index is 1.91. The first kappa shape index (κ1) is 11.5. The van der Waals surface area contributed by atoms with Crippen molar-refractivity contribution in [2.45, 2.75) is 12.5 Å². The second kappa shape index (κ2) is 4.94. The lowest BCUT2D eigenvalue weighted by atomic mass is 10.1. The monoisotopic (exact) mass is 259 g/mol. The van der Waals surface area contributed by atoms with E-state index in [9.17, 15) is 4.79 Å². The van der Waals surface area contributed by atoms with Crippen LogP contribution in [-0.2, 0) is 0 Å². The maximum atomic E-state index is 12.2. The fraction of sp³-hybridized carbons (Fsp3) is 0.308. The largest absolute Gasteiger partial charge is 0.348 e. The molecule has 0 aliphatic carbocycles. The molecule has 4 nitrogen and oxygen atoms in total. The van der Waals surface area contributed by atoms with Gasteiger partial charge in [0, 0.05) is 24.2 Å². The molecule has 1 amide bonds. The summed E-state index contributed by atoms with van der Waals surface area (Å²) in [6, 6.07) is 5.79. The highest BCUT2D eigenvalue weighted by molar-refractivity contribution is 7.99. The molecule has 0 spiro atoms. The number of rotatable bonds is 2. The Morgan fingerprint density at radius 1 is 1.33 bits per heavy atom. The van der Waals surface area contributed by atoms with Gasteiger partial charge in [-0.3, -0.25) is 14.8 Å². The lowest BCUT2D eigenvalue weighted by Crippen LogP contribution is -2.34. The molecule has 1 aromatic heterocycles. The summed E-state index contributed by atoms with van der Waals surface area (Å²) in [6.45, 7) is 0. The standard InChI is InChI=1S/C13H13N3OS/c17-13(16-9-4-7-18-8-9)10-2-1-3-11-12(10)15-6-5-14-11/h1-3,5-6,9H,4,7-8H2,(H,16,17)/t9-/m1/s1. The summed E-state index contributed by atoms with van der Waals surface area (Å²) < 4.78 is 0. The number of nitrogens with zero attached hydrogens (tertiary/aromatic N) is 2. The van der Waals surface area contributed by atoms with Crippen LogP contribution in [0.2, 0.25) is 0 Å². The van der Waals surface area contributed by atoms with Gasteiger partial charge in [0.15, 0.2) is 0 Å². The molecule has 5 heteroatoms. The first-order valence-electron chi connectivity index (χ1n) is 5.93. The summed E-state index contributed by atoms with van der Waals surface area (Å²) in [5.41, 5.74) is 2.03. The van der Waals surface area contributed by atoms with Gasteiger partial charge in [-0.1, -0.05) is 6.07 Å². The molecule has 1 N–H and O–H groups in total. The van der Waals surface area contributed by atoms with Crippen LogP contribution in [0.3, 0.4) is 0 Å². The first-order chi connectivity index (χ1) is 8.84. The molecule has 2 heterocycles. The van der Waals surface area contributed by atoms with Crippen LogP contribution in [0.5, 0.6) is 0 Å². The van der Waals surface area contributed by atoms with E-state index in [1.165, 1.54) is 0 Å². The quantitative estimate of drug-likeness (QED) is 0.894. The summed E-state index contributed by atoms with van der Waals surface area (Å²) in [4.78, 5) is 20.7. The summed E-state index contributed by atoms with van der Waals surface area (Å²) in [7, 11) is 0. The minimum atomic E-state index is -0.0476. The number of carbonyl (C=O) groups is 1. The van der Waals surface area contributed by atoms with Crippen LogP contribution in [0.25, 0.3) is 11.0 Å². The molecule has 92 valence electrons. The zero-order valence-electron chi connectivity index (χ0n) is 9.80. The van der Waals surface area contributed by atoms with Gasteiger partial charge in [0.2, 0.25) is 0 Å². The highest BCUT2D eigenvalue weighted by Crippen LogP contribution is 2.19. The molecule has 0 saturated carbocycles. The van der Waals surface area contributed by atoms with Gasteiger partial charge in [-0.25, -0.2) is 0 Å². The van der Waals surface area contributed by atoms with Crippen molar-refractivity contribution in [1.82, 2.24) is 15.3 Å². The third-order valence-corrected chi connectivity index (χ3v) is 4.17. The minimum absolute atomic E-state index is 0.0476. The number of thioether (sulfide) groups is 1. The molecule has 1 aromatic carbocycles. The highest BCUT2D eigenvalue weighted by Gasteiger charge is 2.19. The number of para-hydroxylation sites is 1. The maximum Gasteiger partial charge on any atom is 0.253 e. The van der Waals surface area contributed by atoms with Crippen molar-refractivity contribution in [3.8, 4) is 0 Å². The summed E-state index contributed by atoms with van der Waals surface area (Å²) in [5, 5.41) is 3.06. The SMILES string of the molecule is O=C(N[C@@H]1CCSC1)c1cccc2nccnc12. The van der Waals surface area contributed by atoms with E-state index in [1.54, 1.807) is 18.5 Å². The number of aromatic nitrogens is 2. The van der Waals surface area contributed by atoms with Crippen LogP contribution in [-0.4, -0.2) is 33.4 Å². The smallest absolute Gasteiger partial charge is 0.253 e. The molecular weight excluding hydrogens is 246 g/mol. The molecule has 18 heavy (non-hydrogen) atoms. The van der Waals surface area contributed by atoms with E-state index in [2.05, 4.69) is 15.3 Å². The van der Waals surface area contributed by atoms with Crippen LogP contribution in [0.4, 0.5) is 0 Å². The van der Waals surface area contributed by atoms with Crippen LogP contribution in [0.15, 0.2) is 30.6 Å². The van der Waals surface area contributed by atoms with Gasteiger partial charge in [-0.05, 0) is 24.3 Å². The normalized spacial score (nSPS) is 19.0. The van der Waals surface area contributed by atoms with Gasteiger partial charge in [0.25, 0.3) is 5.91 Å². The average molecular weight is 259 g/mol. The number of nitrogens with one attached hydrogen (secondary N) is 1. The van der Waals surface area contributed by atoms with Gasteiger partial charge >= 0.3 is 0 Å². The van der Waals surface area contributed by atoms with Crippen LogP contribution >= 0.6 is 11.8 Å². The van der Waals surface area contributed by atoms with E-state index < -0.39 is 0 Å². The molecule has 1 fully saturated rings. The van der Waals surface area contributed by atoms with Crippen molar-refractivity contribution in [3.05, 3.63) is 36.2 Å². The van der Waals surface area contributed by atoms with Crippen LogP contribution in [0, 0.1) is 0 Å². The fourth-order valence-corrected chi connectivity index (χ4v) is 3.24. The third kappa shape index (κ3) is 2.18. The second-order valence-electron chi connectivity index (χ2n) is 4.26. The van der Waals surface area contributed by atoms with Crippen molar-refractivity contribution in [2.24, 2.45) is 0 Å². The Bertz CT molecular complexity index is 576. The fourth-order valence-electron chi connectivity index (χ4n) is 2.09. The van der Waals surface area contributed by atoms with E-state index in [0.717, 1.165) is 23.4 Å². The Kier molecular flexibility index (Phi) is 3.15. The number of hydrogen-bond acceptors (Lipinski definition) is 4. The molecule has 1 aliphatic rings. The Morgan fingerprint density at radius 3 is 3.06 bits per heavy atom. The minimum Gasteiger partial charge on any atom is -0.348 e. The number of fused-ring (bicyclic) bond motifs is 1. The topological polar surface area (TPSA) is 54.9 Å². The van der Waals surface area contributed by atoms with E-state index in [1.807, 2.05) is 23.9 Å². The van der Waals surface area contributed by atoms with Crippen LogP contribution in [0.1, 0.15) is 16.8 Å². The average Bonchev–Trinajstić information content (AvgIpc) is 2.91. The lowest BCUT2D eigenvalue weighted by molar-refractivity contribution is 0.0942. The molecular formula is C13H13N3OS. The van der Waals surface area contributed by atoms with Gasteiger partial charge in [-0.15, -0.1) is 0 Å². The third-order valence-electron chi connectivity index (χ3n) is 3.01. The Hall–Kier alpha value is -1.62. The van der Waals surface area contributed by atoms with Gasteiger partial charge in [-0.2, -0.15) is 11.8 Å². The summed E-state index contributed by atoms with van der Waals surface area (Å²) >= 11 is 1.88. The number of hydrogen-bond donors (Lipinski definition) is 1. The Labute approximate surface area is 109 Å². The molecule has 0 unspecified atom stereocenters. The van der Waals surface area contributed by atoms with Crippen molar-refractivity contribution >= 4 is 28.7 Å². The number of carbonyl (C=O) groups excluding carboxylic acids is 1. The van der Waals surface area contributed by atoms with E-state index in [4.69, 9.17) is 0 Å². The zero-order valence-corrected chi connectivity index (χ0v) is 10.6. The van der Waals surface area contributed by atoms with Crippen molar-refractivity contribution in [3.63, 3.8) is 0 Å². The van der Waals surface area contributed by atoms with Gasteiger partial charge < -0.3 is 5.32 Å². The molecule has 0 radical (unpaired) electrons. The molecule has 1 aliphatic heterocycles. The van der Waals surface area contributed by atoms with Crippen molar-refractivity contribution in [1.29, 1.82) is 0 Å². The Morgan fingerprint density at radius 2 is 2.22 bits per heavy atom. The molecule has 1 atom stereocenters. The molecule has 0 bridgehead atoms.